The molecule has 1 aliphatic carbocycles. The fourth-order valence-electron chi connectivity index (χ4n) is 2.50. The van der Waals surface area contributed by atoms with Gasteiger partial charge in [0.25, 0.3) is 0 Å². The van der Waals surface area contributed by atoms with Crippen LogP contribution in [0, 0.1) is 11.3 Å². The van der Waals surface area contributed by atoms with Gasteiger partial charge in [0.05, 0.1) is 0 Å². The van der Waals surface area contributed by atoms with E-state index >= 15 is 0 Å². The molecule has 0 bridgehead atoms. The van der Waals surface area contributed by atoms with Crippen LogP contribution < -0.4 is 5.32 Å². The van der Waals surface area contributed by atoms with E-state index < -0.39 is 0 Å². The standard InChI is InChI=1S/C12H25N/c1-4-13-10-9-12(2,3)11-7-5-6-8-11/h11,13H,4-10H2,1-3H3. The Morgan fingerprint density at radius 3 is 2.38 bits per heavy atom. The van der Waals surface area contributed by atoms with Gasteiger partial charge in [-0.15, -0.1) is 0 Å². The lowest BCUT2D eigenvalue weighted by molar-refractivity contribution is 0.198. The molecular formula is C12H25N. The fourth-order valence-corrected chi connectivity index (χ4v) is 2.50. The second-order valence-corrected chi connectivity index (χ2v) is 5.07. The second-order valence-electron chi connectivity index (χ2n) is 5.07. The van der Waals surface area contributed by atoms with Gasteiger partial charge in [-0.05, 0) is 43.7 Å². The molecule has 0 spiro atoms. The quantitative estimate of drug-likeness (QED) is 0.645. The van der Waals surface area contributed by atoms with Gasteiger partial charge in [0.15, 0.2) is 0 Å². The minimum absolute atomic E-state index is 0.568. The molecule has 0 aromatic rings. The summed E-state index contributed by atoms with van der Waals surface area (Å²) >= 11 is 0. The molecule has 78 valence electrons. The molecule has 1 fully saturated rings. The summed E-state index contributed by atoms with van der Waals surface area (Å²) in [6.45, 7) is 9.38. The lowest BCUT2D eigenvalue weighted by atomic mass is 9.75. The normalized spacial score (nSPS) is 19.6. The smallest absolute Gasteiger partial charge is 0.00438 e. The summed E-state index contributed by atoms with van der Waals surface area (Å²) in [6, 6.07) is 0. The molecule has 1 heteroatoms. The highest BCUT2D eigenvalue weighted by molar-refractivity contribution is 4.82. The Morgan fingerprint density at radius 2 is 1.85 bits per heavy atom. The Hall–Kier alpha value is -0.0400. The van der Waals surface area contributed by atoms with Gasteiger partial charge < -0.3 is 5.32 Å². The van der Waals surface area contributed by atoms with E-state index in [4.69, 9.17) is 0 Å². The van der Waals surface area contributed by atoms with E-state index in [2.05, 4.69) is 26.1 Å². The van der Waals surface area contributed by atoms with E-state index in [9.17, 15) is 0 Å². The summed E-state index contributed by atoms with van der Waals surface area (Å²) in [5.41, 5.74) is 0.568. The zero-order chi connectivity index (χ0) is 9.73. The highest BCUT2D eigenvalue weighted by Crippen LogP contribution is 2.41. The molecule has 0 unspecified atom stereocenters. The van der Waals surface area contributed by atoms with Gasteiger partial charge in [0, 0.05) is 0 Å². The van der Waals surface area contributed by atoms with Crippen molar-refractivity contribution >= 4 is 0 Å². The second kappa shape index (κ2) is 4.99. The molecule has 1 rings (SSSR count). The van der Waals surface area contributed by atoms with Crippen LogP contribution in [0.1, 0.15) is 52.9 Å². The predicted octanol–water partition coefficient (Wildman–Crippen LogP) is 3.20. The van der Waals surface area contributed by atoms with Gasteiger partial charge in [-0.1, -0.05) is 33.6 Å². The SMILES string of the molecule is CCNCCC(C)(C)C1CCCC1. The van der Waals surface area contributed by atoms with E-state index in [0.29, 0.717) is 5.41 Å². The summed E-state index contributed by atoms with van der Waals surface area (Å²) in [4.78, 5) is 0. The number of nitrogens with one attached hydrogen (secondary N) is 1. The molecule has 1 nitrogen and oxygen atoms in total. The van der Waals surface area contributed by atoms with E-state index in [1.165, 1.54) is 38.6 Å². The number of rotatable bonds is 5. The molecule has 1 saturated carbocycles. The Bertz CT molecular complexity index is 134. The first-order chi connectivity index (χ1) is 6.17. The van der Waals surface area contributed by atoms with Crippen molar-refractivity contribution in [3.05, 3.63) is 0 Å². The summed E-state index contributed by atoms with van der Waals surface area (Å²) in [6.07, 6.45) is 7.22. The van der Waals surface area contributed by atoms with Crippen LogP contribution in [-0.2, 0) is 0 Å². The molecule has 0 aromatic carbocycles. The van der Waals surface area contributed by atoms with Crippen molar-refractivity contribution in [2.75, 3.05) is 13.1 Å². The third-order valence-electron chi connectivity index (χ3n) is 3.66. The summed E-state index contributed by atoms with van der Waals surface area (Å²) in [7, 11) is 0. The van der Waals surface area contributed by atoms with Crippen LogP contribution in [0.25, 0.3) is 0 Å². The molecule has 1 N–H and O–H groups in total. The van der Waals surface area contributed by atoms with Crippen molar-refractivity contribution in [1.82, 2.24) is 5.32 Å². The Kier molecular flexibility index (Phi) is 4.24. The van der Waals surface area contributed by atoms with Crippen LogP contribution in [0.3, 0.4) is 0 Å². The van der Waals surface area contributed by atoms with Crippen LogP contribution in [0.5, 0.6) is 0 Å². The molecule has 0 radical (unpaired) electrons. The van der Waals surface area contributed by atoms with Gasteiger partial charge in [0.2, 0.25) is 0 Å². The third-order valence-corrected chi connectivity index (χ3v) is 3.66. The van der Waals surface area contributed by atoms with E-state index in [0.717, 1.165) is 12.5 Å². The minimum Gasteiger partial charge on any atom is -0.317 e. The maximum Gasteiger partial charge on any atom is -0.00438 e. The number of hydrogen-bond donors (Lipinski definition) is 1. The molecule has 0 heterocycles. The van der Waals surface area contributed by atoms with Crippen LogP contribution in [0.2, 0.25) is 0 Å². The van der Waals surface area contributed by atoms with Gasteiger partial charge >= 0.3 is 0 Å². The van der Waals surface area contributed by atoms with Crippen LogP contribution in [0.15, 0.2) is 0 Å². The maximum absolute atomic E-state index is 3.43. The first-order valence-corrected chi connectivity index (χ1v) is 5.87. The van der Waals surface area contributed by atoms with Crippen molar-refractivity contribution in [2.24, 2.45) is 11.3 Å². The Morgan fingerprint density at radius 1 is 1.23 bits per heavy atom. The van der Waals surface area contributed by atoms with Crippen molar-refractivity contribution in [3.63, 3.8) is 0 Å². The largest absolute Gasteiger partial charge is 0.317 e. The Balaban J connectivity index is 2.26. The average molecular weight is 183 g/mol. The highest BCUT2D eigenvalue weighted by Gasteiger charge is 2.30. The zero-order valence-electron chi connectivity index (χ0n) is 9.53. The maximum atomic E-state index is 3.43. The third kappa shape index (κ3) is 3.30. The summed E-state index contributed by atoms with van der Waals surface area (Å²) in [5.74, 6) is 0.992. The highest BCUT2D eigenvalue weighted by atomic mass is 14.8. The van der Waals surface area contributed by atoms with Crippen molar-refractivity contribution in [3.8, 4) is 0 Å². The van der Waals surface area contributed by atoms with Crippen molar-refractivity contribution in [1.29, 1.82) is 0 Å². The molecule has 0 atom stereocenters. The van der Waals surface area contributed by atoms with Crippen LogP contribution in [0.4, 0.5) is 0 Å². The topological polar surface area (TPSA) is 12.0 Å². The van der Waals surface area contributed by atoms with Gasteiger partial charge in [-0.3, -0.25) is 0 Å². The lowest BCUT2D eigenvalue weighted by Crippen LogP contribution is -2.27. The fraction of sp³-hybridized carbons (Fsp3) is 1.00. The lowest BCUT2D eigenvalue weighted by Gasteiger charge is -2.31. The predicted molar refractivity (Wildman–Crippen MR) is 58.9 cm³/mol. The molecule has 0 saturated heterocycles. The zero-order valence-corrected chi connectivity index (χ0v) is 9.53. The molecule has 13 heavy (non-hydrogen) atoms. The summed E-state index contributed by atoms with van der Waals surface area (Å²) < 4.78 is 0. The van der Waals surface area contributed by atoms with Crippen LogP contribution >= 0.6 is 0 Å². The molecule has 0 amide bonds. The number of hydrogen-bond acceptors (Lipinski definition) is 1. The van der Waals surface area contributed by atoms with E-state index in [1.807, 2.05) is 0 Å². The van der Waals surface area contributed by atoms with Crippen LogP contribution in [-0.4, -0.2) is 13.1 Å². The van der Waals surface area contributed by atoms with E-state index in [-0.39, 0.29) is 0 Å². The van der Waals surface area contributed by atoms with Crippen molar-refractivity contribution < 1.29 is 0 Å². The molecule has 0 aromatic heterocycles. The molecule has 1 aliphatic rings. The first kappa shape index (κ1) is 11.0. The van der Waals surface area contributed by atoms with E-state index in [1.54, 1.807) is 0 Å². The molecular weight excluding hydrogens is 158 g/mol. The Labute approximate surface area is 83.3 Å². The average Bonchev–Trinajstić information content (AvgIpc) is 2.56. The summed E-state index contributed by atoms with van der Waals surface area (Å²) in [5, 5.41) is 3.43. The van der Waals surface area contributed by atoms with Crippen molar-refractivity contribution in [2.45, 2.75) is 52.9 Å². The molecule has 0 aliphatic heterocycles. The first-order valence-electron chi connectivity index (χ1n) is 5.87. The minimum atomic E-state index is 0.568. The van der Waals surface area contributed by atoms with Gasteiger partial charge in [0.1, 0.15) is 0 Å². The monoisotopic (exact) mass is 183 g/mol. The van der Waals surface area contributed by atoms with Gasteiger partial charge in [-0.2, -0.15) is 0 Å². The van der Waals surface area contributed by atoms with Gasteiger partial charge in [-0.25, -0.2) is 0 Å².